The number of halogens is 1. The third-order valence-corrected chi connectivity index (χ3v) is 9.23. The normalized spacial score (nSPS) is 14.9. The molecule has 0 bridgehead atoms. The maximum atomic E-state index is 14.4. The molecule has 13 nitrogen and oxygen atoms in total. The van der Waals surface area contributed by atoms with Crippen molar-refractivity contribution in [2.45, 2.75) is 69.1 Å². The standard InChI is InChI=1S/C30H38ClN5O8S/c1-18(2)15-23(20-9-12-22(31)13-10-20)27(37)34(29(32)39)35(30(40)33-3)28(38)24(16-19-7-5-6-8-19)21-11-14-26(45(4,43)44)25(17-21)36(41)42/h9-14,17-19,23-24H,5-8,15-16H2,1-4H3,(H2,32,39)(H,33,40). The number of hydrogen-bond donors (Lipinski definition) is 2. The number of nitrogens with zero attached hydrogens (tertiary/aromatic N) is 3. The van der Waals surface area contributed by atoms with Gasteiger partial charge in [0.15, 0.2) is 9.84 Å². The first-order valence-corrected chi connectivity index (χ1v) is 16.8. The Balaban J connectivity index is 2.19. The van der Waals surface area contributed by atoms with E-state index in [4.69, 9.17) is 17.3 Å². The van der Waals surface area contributed by atoms with Crippen molar-refractivity contribution in [1.82, 2.24) is 15.3 Å². The quantitative estimate of drug-likeness (QED) is 0.258. The highest BCUT2D eigenvalue weighted by Crippen LogP contribution is 2.38. The van der Waals surface area contributed by atoms with E-state index in [1.807, 2.05) is 13.8 Å². The van der Waals surface area contributed by atoms with Gasteiger partial charge in [0, 0.05) is 24.4 Å². The van der Waals surface area contributed by atoms with Crippen LogP contribution in [0, 0.1) is 22.0 Å². The van der Waals surface area contributed by atoms with E-state index in [1.165, 1.54) is 13.1 Å². The second kappa shape index (κ2) is 14.8. The van der Waals surface area contributed by atoms with Gasteiger partial charge in [-0.1, -0.05) is 69.3 Å². The molecule has 2 aromatic carbocycles. The Hall–Kier alpha value is -4.04. The number of nitrogens with two attached hydrogens (primary N) is 1. The van der Waals surface area contributed by atoms with Crippen LogP contribution in [-0.4, -0.2) is 60.5 Å². The highest BCUT2D eigenvalue weighted by Gasteiger charge is 2.43. The van der Waals surface area contributed by atoms with E-state index in [0.29, 0.717) is 20.6 Å². The molecule has 0 radical (unpaired) electrons. The van der Waals surface area contributed by atoms with Gasteiger partial charge in [-0.25, -0.2) is 18.0 Å². The Morgan fingerprint density at radius 1 is 1.00 bits per heavy atom. The number of carbonyl (C=O) groups is 4. The smallest absolute Gasteiger partial charge is 0.343 e. The van der Waals surface area contributed by atoms with E-state index in [0.717, 1.165) is 44.1 Å². The van der Waals surface area contributed by atoms with Gasteiger partial charge < -0.3 is 11.1 Å². The lowest BCUT2D eigenvalue weighted by Crippen LogP contribution is -2.61. The second-order valence-corrected chi connectivity index (χ2v) is 14.0. The van der Waals surface area contributed by atoms with Crippen molar-refractivity contribution in [3.8, 4) is 0 Å². The number of sulfone groups is 1. The van der Waals surface area contributed by atoms with E-state index in [2.05, 4.69) is 5.32 Å². The first kappa shape index (κ1) is 35.4. The summed E-state index contributed by atoms with van der Waals surface area (Å²) in [6.07, 6.45) is 4.45. The summed E-state index contributed by atoms with van der Waals surface area (Å²) in [5, 5.41) is 15.3. The molecule has 45 heavy (non-hydrogen) atoms. The number of amides is 6. The summed E-state index contributed by atoms with van der Waals surface area (Å²) in [6.45, 7) is 3.72. The Bertz CT molecular complexity index is 1560. The zero-order valence-electron chi connectivity index (χ0n) is 25.6. The minimum Gasteiger partial charge on any atom is -0.350 e. The number of nitro groups is 1. The van der Waals surface area contributed by atoms with E-state index in [9.17, 15) is 37.7 Å². The Labute approximate surface area is 267 Å². The minimum atomic E-state index is -4.01. The molecule has 3 N–H and O–H groups in total. The highest BCUT2D eigenvalue weighted by atomic mass is 35.5. The summed E-state index contributed by atoms with van der Waals surface area (Å²) in [7, 11) is -2.80. The summed E-state index contributed by atoms with van der Waals surface area (Å²) in [5.41, 5.74) is 5.47. The molecule has 15 heteroatoms. The van der Waals surface area contributed by atoms with Crippen molar-refractivity contribution >= 4 is 51.0 Å². The first-order chi connectivity index (χ1) is 21.1. The molecule has 0 spiro atoms. The molecule has 2 atom stereocenters. The lowest BCUT2D eigenvalue weighted by Gasteiger charge is -2.35. The summed E-state index contributed by atoms with van der Waals surface area (Å²) >= 11 is 6.04. The van der Waals surface area contributed by atoms with Crippen LogP contribution >= 0.6 is 11.6 Å². The predicted octanol–water partition coefficient (Wildman–Crippen LogP) is 5.14. The monoisotopic (exact) mass is 663 g/mol. The molecule has 1 fully saturated rings. The van der Waals surface area contributed by atoms with Gasteiger partial charge in [-0.3, -0.25) is 19.7 Å². The molecule has 1 saturated carbocycles. The number of hydrogen-bond acceptors (Lipinski definition) is 8. The van der Waals surface area contributed by atoms with Crippen LogP contribution in [0.25, 0.3) is 0 Å². The number of nitro benzene ring substituents is 1. The van der Waals surface area contributed by atoms with Crippen molar-refractivity contribution in [3.63, 3.8) is 0 Å². The Morgan fingerprint density at radius 2 is 1.56 bits per heavy atom. The molecule has 2 aromatic rings. The van der Waals surface area contributed by atoms with E-state index in [-0.39, 0.29) is 30.2 Å². The first-order valence-electron chi connectivity index (χ1n) is 14.5. The molecule has 3 rings (SSSR count). The lowest BCUT2D eigenvalue weighted by molar-refractivity contribution is -0.387. The lowest BCUT2D eigenvalue weighted by atomic mass is 9.86. The minimum absolute atomic E-state index is 0.0142. The SMILES string of the molecule is CNC(=O)N(C(=O)C(CC1CCCC1)c1ccc(S(C)(=O)=O)c([N+](=O)[O-])c1)N(C(N)=O)C(=O)C(CC(C)C)c1ccc(Cl)cc1. The number of primary amides is 1. The largest absolute Gasteiger partial charge is 0.350 e. The number of imide groups is 2. The molecule has 0 aliphatic heterocycles. The van der Waals surface area contributed by atoms with Gasteiger partial charge in [-0.2, -0.15) is 10.0 Å². The molecule has 244 valence electrons. The number of hydrazine groups is 1. The van der Waals surface area contributed by atoms with Gasteiger partial charge in [0.05, 0.1) is 16.8 Å². The van der Waals surface area contributed by atoms with E-state index in [1.54, 1.807) is 24.3 Å². The van der Waals surface area contributed by atoms with Crippen LogP contribution in [0.3, 0.4) is 0 Å². The third-order valence-electron chi connectivity index (χ3n) is 7.83. The van der Waals surface area contributed by atoms with Crippen molar-refractivity contribution in [1.29, 1.82) is 0 Å². The van der Waals surface area contributed by atoms with Crippen LogP contribution in [0.2, 0.25) is 5.02 Å². The fourth-order valence-corrected chi connectivity index (χ4v) is 6.66. The van der Waals surface area contributed by atoms with Gasteiger partial charge in [-0.15, -0.1) is 0 Å². The van der Waals surface area contributed by atoms with Crippen molar-refractivity contribution in [2.75, 3.05) is 13.3 Å². The van der Waals surface area contributed by atoms with E-state index < -0.39 is 61.1 Å². The molecule has 6 amide bonds. The number of urea groups is 2. The van der Waals surface area contributed by atoms with Crippen molar-refractivity contribution in [2.24, 2.45) is 17.6 Å². The average Bonchev–Trinajstić information content (AvgIpc) is 3.49. The van der Waals surface area contributed by atoms with Crippen LogP contribution in [-0.2, 0) is 19.4 Å². The van der Waals surface area contributed by atoms with E-state index >= 15 is 0 Å². The zero-order chi connectivity index (χ0) is 33.6. The summed E-state index contributed by atoms with van der Waals surface area (Å²) in [4.78, 5) is 65.4. The Kier molecular flexibility index (Phi) is 11.7. The van der Waals surface area contributed by atoms with Crippen LogP contribution in [0.15, 0.2) is 47.4 Å². The molecule has 2 unspecified atom stereocenters. The number of nitrogens with one attached hydrogen (secondary N) is 1. The average molecular weight is 664 g/mol. The summed E-state index contributed by atoms with van der Waals surface area (Å²) in [6, 6.07) is 7.11. The van der Waals surface area contributed by atoms with Gasteiger partial charge >= 0.3 is 12.1 Å². The van der Waals surface area contributed by atoms with Gasteiger partial charge in [0.2, 0.25) is 0 Å². The molecule has 0 heterocycles. The fraction of sp³-hybridized carbons (Fsp3) is 0.467. The molecular formula is C30H38ClN5O8S. The second-order valence-electron chi connectivity index (χ2n) is 11.6. The molecule has 0 saturated heterocycles. The highest BCUT2D eigenvalue weighted by molar-refractivity contribution is 7.90. The zero-order valence-corrected chi connectivity index (χ0v) is 27.1. The summed E-state index contributed by atoms with van der Waals surface area (Å²) in [5.74, 6) is -4.32. The number of rotatable bonds is 10. The third kappa shape index (κ3) is 8.57. The van der Waals surface area contributed by atoms with Crippen LogP contribution in [0.5, 0.6) is 0 Å². The topological polar surface area (TPSA) is 190 Å². The van der Waals surface area contributed by atoms with Crippen LogP contribution in [0.4, 0.5) is 15.3 Å². The van der Waals surface area contributed by atoms with Crippen LogP contribution in [0.1, 0.15) is 75.3 Å². The molecule has 0 aromatic heterocycles. The predicted molar refractivity (Wildman–Crippen MR) is 167 cm³/mol. The molecule has 1 aliphatic carbocycles. The fourth-order valence-electron chi connectivity index (χ4n) is 5.71. The summed E-state index contributed by atoms with van der Waals surface area (Å²) < 4.78 is 24.5. The molecule has 1 aliphatic rings. The maximum Gasteiger partial charge on any atom is 0.343 e. The number of carbonyl (C=O) groups excluding carboxylic acids is 4. The van der Waals surface area contributed by atoms with Crippen LogP contribution < -0.4 is 11.1 Å². The van der Waals surface area contributed by atoms with Gasteiger partial charge in [-0.05, 0) is 54.0 Å². The van der Waals surface area contributed by atoms with Crippen molar-refractivity contribution < 1.29 is 32.5 Å². The van der Waals surface area contributed by atoms with Gasteiger partial charge in [0.1, 0.15) is 4.90 Å². The van der Waals surface area contributed by atoms with Gasteiger partial charge in [0.25, 0.3) is 17.5 Å². The Morgan fingerprint density at radius 3 is 2.04 bits per heavy atom. The van der Waals surface area contributed by atoms with Crippen molar-refractivity contribution in [3.05, 3.63) is 68.7 Å². The maximum absolute atomic E-state index is 14.4. The molecular weight excluding hydrogens is 626 g/mol. The number of benzene rings is 2.